The van der Waals surface area contributed by atoms with Crippen molar-refractivity contribution in [3.8, 4) is 0 Å². The Kier molecular flexibility index (Phi) is 5.05. The molecule has 8 nitrogen and oxygen atoms in total. The van der Waals surface area contributed by atoms with Crippen molar-refractivity contribution in [1.29, 1.82) is 0 Å². The van der Waals surface area contributed by atoms with Gasteiger partial charge in [-0.3, -0.25) is 9.63 Å². The van der Waals surface area contributed by atoms with Crippen LogP contribution in [0.5, 0.6) is 0 Å². The van der Waals surface area contributed by atoms with Crippen molar-refractivity contribution in [2.45, 2.75) is 19.8 Å². The zero-order valence-corrected chi connectivity index (χ0v) is 12.7. The summed E-state index contributed by atoms with van der Waals surface area (Å²) in [6, 6.07) is 0. The molecule has 2 rings (SSSR count). The Hall–Kier alpha value is -2.48. The molecule has 0 spiro atoms. The highest BCUT2D eigenvalue weighted by Crippen LogP contribution is 2.28. The van der Waals surface area contributed by atoms with Crippen LogP contribution >= 0.6 is 0 Å². The molecule has 1 N–H and O–H groups in total. The van der Waals surface area contributed by atoms with Crippen LogP contribution in [0, 0.1) is 5.92 Å². The monoisotopic (exact) mass is 305 g/mol. The van der Waals surface area contributed by atoms with E-state index in [4.69, 9.17) is 4.84 Å². The topological polar surface area (TPSA) is 91.0 Å². The molecule has 118 valence electrons. The molecule has 0 bridgehead atoms. The molecule has 1 heterocycles. The largest absolute Gasteiger partial charge is 0.368 e. The van der Waals surface area contributed by atoms with E-state index in [0.29, 0.717) is 11.3 Å². The van der Waals surface area contributed by atoms with Gasteiger partial charge in [0.2, 0.25) is 5.91 Å². The third-order valence-corrected chi connectivity index (χ3v) is 3.25. The molecule has 1 aromatic heterocycles. The number of aromatic nitrogens is 4. The van der Waals surface area contributed by atoms with Crippen molar-refractivity contribution in [3.63, 3.8) is 0 Å². The molecule has 1 amide bonds. The Morgan fingerprint density at radius 2 is 2.23 bits per heavy atom. The molecule has 0 unspecified atom stereocenters. The number of hydrogen-bond donors (Lipinski definition) is 1. The summed E-state index contributed by atoms with van der Waals surface area (Å²) in [6.07, 6.45) is 6.77. The second-order valence-corrected chi connectivity index (χ2v) is 4.93. The fraction of sp³-hybridized carbons (Fsp3) is 0.429. The quantitative estimate of drug-likeness (QED) is 0.582. The molecule has 8 heteroatoms. The SMILES string of the molecule is C=C/C=C(\C(=C\C)CONC(=O)C1CC1)n1nnn(C)c1=O. The summed E-state index contributed by atoms with van der Waals surface area (Å²) >= 11 is 0. The number of carbonyl (C=O) groups is 1. The minimum absolute atomic E-state index is 0.0693. The van der Waals surface area contributed by atoms with Gasteiger partial charge in [-0.1, -0.05) is 18.7 Å². The molecule has 1 aliphatic rings. The highest BCUT2D eigenvalue weighted by Gasteiger charge is 2.29. The number of rotatable bonds is 7. The van der Waals surface area contributed by atoms with Gasteiger partial charge in [-0.2, -0.15) is 9.36 Å². The van der Waals surface area contributed by atoms with Crippen LogP contribution in [0.25, 0.3) is 5.70 Å². The molecule has 1 aliphatic carbocycles. The average molecular weight is 305 g/mol. The number of carbonyl (C=O) groups excluding carboxylic acids is 1. The van der Waals surface area contributed by atoms with Crippen molar-refractivity contribution < 1.29 is 9.63 Å². The summed E-state index contributed by atoms with van der Waals surface area (Å²) in [5.41, 5.74) is 3.21. The molecule has 1 saturated carbocycles. The molecule has 22 heavy (non-hydrogen) atoms. The summed E-state index contributed by atoms with van der Waals surface area (Å²) in [7, 11) is 1.51. The van der Waals surface area contributed by atoms with Crippen molar-refractivity contribution in [3.05, 3.63) is 40.9 Å². The van der Waals surface area contributed by atoms with E-state index in [-0.39, 0.29) is 24.1 Å². The molecule has 1 aromatic rings. The van der Waals surface area contributed by atoms with E-state index in [1.165, 1.54) is 7.05 Å². The maximum Gasteiger partial charge on any atom is 0.368 e. The van der Waals surface area contributed by atoms with Crippen LogP contribution in [0.3, 0.4) is 0 Å². The lowest BCUT2D eigenvalue weighted by Gasteiger charge is -2.11. The standard InChI is InChI=1S/C14H19N5O3/c1-4-6-12(19-14(21)18(3)16-17-19)10(5-2)9-22-15-13(20)11-7-8-11/h4-6,11H,1,7-9H2,2-3H3,(H,15,20)/b10-5+,12-6+. The van der Waals surface area contributed by atoms with Gasteiger partial charge < -0.3 is 0 Å². The van der Waals surface area contributed by atoms with Crippen LogP contribution in [-0.2, 0) is 16.7 Å². The Labute approximate surface area is 127 Å². The van der Waals surface area contributed by atoms with E-state index in [1.807, 2.05) is 0 Å². The number of hydrogen-bond acceptors (Lipinski definition) is 5. The number of aryl methyl sites for hydroxylation is 1. The lowest BCUT2D eigenvalue weighted by atomic mass is 10.2. The Morgan fingerprint density at radius 1 is 1.50 bits per heavy atom. The second-order valence-electron chi connectivity index (χ2n) is 4.93. The maximum absolute atomic E-state index is 12.0. The van der Waals surface area contributed by atoms with Gasteiger partial charge >= 0.3 is 5.69 Å². The van der Waals surface area contributed by atoms with E-state index in [2.05, 4.69) is 22.5 Å². The summed E-state index contributed by atoms with van der Waals surface area (Å²) in [4.78, 5) is 28.7. The van der Waals surface area contributed by atoms with Crippen LogP contribution in [0.4, 0.5) is 0 Å². The fourth-order valence-corrected chi connectivity index (χ4v) is 1.81. The molecule has 1 fully saturated rings. The number of amides is 1. The average Bonchev–Trinajstić information content (AvgIpc) is 3.30. The van der Waals surface area contributed by atoms with E-state index >= 15 is 0 Å². The first-order valence-electron chi connectivity index (χ1n) is 6.97. The van der Waals surface area contributed by atoms with Crippen molar-refractivity contribution >= 4 is 11.6 Å². The normalized spacial score (nSPS) is 15.7. The van der Waals surface area contributed by atoms with Gasteiger partial charge in [0, 0.05) is 18.5 Å². The molecular weight excluding hydrogens is 286 g/mol. The zero-order chi connectivity index (χ0) is 16.1. The van der Waals surface area contributed by atoms with E-state index in [0.717, 1.165) is 22.2 Å². The van der Waals surface area contributed by atoms with Crippen molar-refractivity contribution in [1.82, 2.24) is 25.3 Å². The van der Waals surface area contributed by atoms with Crippen molar-refractivity contribution in [2.75, 3.05) is 6.61 Å². The molecule has 0 radical (unpaired) electrons. The minimum atomic E-state index is -0.380. The Morgan fingerprint density at radius 3 is 2.73 bits per heavy atom. The molecular formula is C14H19N5O3. The Bertz CT molecular complexity index is 679. The first-order chi connectivity index (χ1) is 10.6. The van der Waals surface area contributed by atoms with Gasteiger partial charge in [0.1, 0.15) is 6.61 Å². The van der Waals surface area contributed by atoms with Crippen LogP contribution < -0.4 is 11.2 Å². The number of tetrazole rings is 1. The van der Waals surface area contributed by atoms with Gasteiger partial charge in [0.15, 0.2) is 0 Å². The fourth-order valence-electron chi connectivity index (χ4n) is 1.81. The van der Waals surface area contributed by atoms with Gasteiger partial charge in [-0.25, -0.2) is 10.3 Å². The molecule has 0 aromatic carbocycles. The van der Waals surface area contributed by atoms with Crippen LogP contribution in [-0.4, -0.2) is 32.3 Å². The lowest BCUT2D eigenvalue weighted by Crippen LogP contribution is -2.28. The third-order valence-electron chi connectivity index (χ3n) is 3.25. The highest BCUT2D eigenvalue weighted by atomic mass is 16.6. The van der Waals surface area contributed by atoms with Crippen LogP contribution in [0.15, 0.2) is 35.2 Å². The predicted molar refractivity (Wildman–Crippen MR) is 80.3 cm³/mol. The van der Waals surface area contributed by atoms with Crippen LogP contribution in [0.2, 0.25) is 0 Å². The molecule has 0 atom stereocenters. The smallest absolute Gasteiger partial charge is 0.273 e. The minimum Gasteiger partial charge on any atom is -0.273 e. The number of nitrogens with one attached hydrogen (secondary N) is 1. The van der Waals surface area contributed by atoms with E-state index < -0.39 is 0 Å². The third kappa shape index (κ3) is 3.59. The van der Waals surface area contributed by atoms with Gasteiger partial charge in [0.05, 0.1) is 5.70 Å². The maximum atomic E-state index is 12.0. The van der Waals surface area contributed by atoms with E-state index in [9.17, 15) is 9.59 Å². The van der Waals surface area contributed by atoms with Gasteiger partial charge in [-0.05, 0) is 36.3 Å². The van der Waals surface area contributed by atoms with E-state index in [1.54, 1.807) is 25.2 Å². The first-order valence-corrected chi connectivity index (χ1v) is 6.97. The number of hydroxylamine groups is 1. The summed E-state index contributed by atoms with van der Waals surface area (Å²) in [6.45, 7) is 5.55. The van der Waals surface area contributed by atoms with Crippen molar-refractivity contribution in [2.24, 2.45) is 13.0 Å². The lowest BCUT2D eigenvalue weighted by molar-refractivity contribution is -0.134. The number of allylic oxidation sites excluding steroid dienone is 3. The van der Waals surface area contributed by atoms with Gasteiger partial charge in [-0.15, -0.1) is 0 Å². The van der Waals surface area contributed by atoms with Gasteiger partial charge in [0.25, 0.3) is 0 Å². The summed E-state index contributed by atoms with van der Waals surface area (Å²) < 4.78 is 2.28. The van der Waals surface area contributed by atoms with Crippen LogP contribution in [0.1, 0.15) is 19.8 Å². The summed E-state index contributed by atoms with van der Waals surface area (Å²) in [5, 5.41) is 7.48. The zero-order valence-electron chi connectivity index (χ0n) is 12.7. The number of nitrogens with zero attached hydrogens (tertiary/aromatic N) is 4. The summed E-state index contributed by atoms with van der Waals surface area (Å²) in [5.74, 6) is -0.0405. The second kappa shape index (κ2) is 6.99. The molecule has 0 aliphatic heterocycles. The molecule has 0 saturated heterocycles. The first kappa shape index (κ1) is 15.9. The highest BCUT2D eigenvalue weighted by molar-refractivity contribution is 5.79. The Balaban J connectivity index is 2.10. The predicted octanol–water partition coefficient (Wildman–Crippen LogP) is 0.408.